The highest BCUT2D eigenvalue weighted by atomic mass is 19.1. The van der Waals surface area contributed by atoms with Gasteiger partial charge in [0.25, 0.3) is 0 Å². The number of hydrogen-bond acceptors (Lipinski definition) is 2. The highest BCUT2D eigenvalue weighted by Crippen LogP contribution is 2.14. The Morgan fingerprint density at radius 2 is 1.75 bits per heavy atom. The number of nitrogens with zero attached hydrogens (tertiary/aromatic N) is 2. The van der Waals surface area contributed by atoms with E-state index in [1.54, 1.807) is 29.2 Å². The molecule has 1 N–H and O–H groups in total. The van der Waals surface area contributed by atoms with E-state index < -0.39 is 0 Å². The van der Waals surface area contributed by atoms with Crippen LogP contribution in [0.5, 0.6) is 0 Å². The fraction of sp³-hybridized carbons (Fsp3) is 0.278. The summed E-state index contributed by atoms with van der Waals surface area (Å²) >= 11 is 0. The first-order valence-corrected chi connectivity index (χ1v) is 7.89. The molecular formula is C18H19F2N3O. The van der Waals surface area contributed by atoms with Crippen LogP contribution in [0, 0.1) is 11.6 Å². The van der Waals surface area contributed by atoms with Crippen LogP contribution >= 0.6 is 0 Å². The van der Waals surface area contributed by atoms with Crippen molar-refractivity contribution in [3.8, 4) is 0 Å². The lowest BCUT2D eigenvalue weighted by Crippen LogP contribution is -2.49. The minimum Gasteiger partial charge on any atom is -0.322 e. The van der Waals surface area contributed by atoms with Gasteiger partial charge in [0, 0.05) is 44.0 Å². The third-order valence-electron chi connectivity index (χ3n) is 4.09. The second-order valence-corrected chi connectivity index (χ2v) is 5.80. The number of amides is 2. The van der Waals surface area contributed by atoms with Gasteiger partial charge >= 0.3 is 6.03 Å². The maximum absolute atomic E-state index is 13.7. The summed E-state index contributed by atoms with van der Waals surface area (Å²) in [7, 11) is 0. The molecule has 0 aliphatic carbocycles. The van der Waals surface area contributed by atoms with Crippen LogP contribution in [-0.2, 0) is 6.54 Å². The molecule has 24 heavy (non-hydrogen) atoms. The molecule has 1 saturated heterocycles. The number of nitrogens with one attached hydrogen (secondary N) is 1. The van der Waals surface area contributed by atoms with E-state index in [9.17, 15) is 13.6 Å². The van der Waals surface area contributed by atoms with E-state index in [1.807, 2.05) is 6.07 Å². The molecule has 0 aromatic heterocycles. The predicted molar refractivity (Wildman–Crippen MR) is 88.7 cm³/mol. The summed E-state index contributed by atoms with van der Waals surface area (Å²) in [5.74, 6) is -0.591. The summed E-state index contributed by atoms with van der Waals surface area (Å²) in [5, 5.41) is 2.69. The average molecular weight is 331 g/mol. The van der Waals surface area contributed by atoms with Crippen LogP contribution in [0.4, 0.5) is 19.3 Å². The van der Waals surface area contributed by atoms with Crippen LogP contribution < -0.4 is 5.32 Å². The molecule has 0 unspecified atom stereocenters. The Bertz CT molecular complexity index is 715. The first-order chi connectivity index (χ1) is 11.6. The number of halogens is 2. The highest BCUT2D eigenvalue weighted by molar-refractivity contribution is 5.89. The molecule has 126 valence electrons. The van der Waals surface area contributed by atoms with Crippen molar-refractivity contribution in [2.45, 2.75) is 6.54 Å². The van der Waals surface area contributed by atoms with Crippen LogP contribution in [0.3, 0.4) is 0 Å². The Morgan fingerprint density at radius 3 is 2.46 bits per heavy atom. The smallest absolute Gasteiger partial charge is 0.321 e. The van der Waals surface area contributed by atoms with E-state index in [0.717, 1.165) is 0 Å². The third-order valence-corrected chi connectivity index (χ3v) is 4.09. The van der Waals surface area contributed by atoms with Crippen LogP contribution in [0.15, 0.2) is 48.5 Å². The van der Waals surface area contributed by atoms with Gasteiger partial charge in [0.2, 0.25) is 0 Å². The van der Waals surface area contributed by atoms with Crippen LogP contribution in [0.1, 0.15) is 5.56 Å². The quantitative estimate of drug-likeness (QED) is 0.936. The van der Waals surface area contributed by atoms with Gasteiger partial charge in [-0.05, 0) is 24.3 Å². The zero-order valence-electron chi connectivity index (χ0n) is 13.2. The maximum Gasteiger partial charge on any atom is 0.321 e. The Kier molecular flexibility index (Phi) is 5.05. The van der Waals surface area contributed by atoms with Crippen molar-refractivity contribution in [1.82, 2.24) is 9.80 Å². The standard InChI is InChI=1S/C18H19F2N3O/c19-15-5-3-6-16(12-15)21-18(24)23-10-8-22(9-11-23)13-14-4-1-2-7-17(14)20/h1-7,12H,8-11,13H2,(H,21,24). The molecule has 2 aromatic carbocycles. The van der Waals surface area contributed by atoms with E-state index in [0.29, 0.717) is 44.0 Å². The molecular weight excluding hydrogens is 312 g/mol. The minimum atomic E-state index is -0.387. The van der Waals surface area contributed by atoms with Gasteiger partial charge in [0.1, 0.15) is 11.6 Å². The number of hydrogen-bond donors (Lipinski definition) is 1. The number of anilines is 1. The van der Waals surface area contributed by atoms with Crippen molar-refractivity contribution in [3.63, 3.8) is 0 Å². The van der Waals surface area contributed by atoms with Gasteiger partial charge in [0.15, 0.2) is 0 Å². The summed E-state index contributed by atoms with van der Waals surface area (Å²) < 4.78 is 26.8. The van der Waals surface area contributed by atoms with Crippen molar-refractivity contribution in [2.75, 3.05) is 31.5 Å². The predicted octanol–water partition coefficient (Wildman–Crippen LogP) is 3.31. The van der Waals surface area contributed by atoms with Crippen molar-refractivity contribution in [2.24, 2.45) is 0 Å². The van der Waals surface area contributed by atoms with Gasteiger partial charge in [0.05, 0.1) is 0 Å². The molecule has 6 heteroatoms. The lowest BCUT2D eigenvalue weighted by molar-refractivity contribution is 0.142. The first-order valence-electron chi connectivity index (χ1n) is 7.89. The average Bonchev–Trinajstić information content (AvgIpc) is 2.57. The monoisotopic (exact) mass is 331 g/mol. The van der Waals surface area contributed by atoms with E-state index >= 15 is 0 Å². The number of benzene rings is 2. The van der Waals surface area contributed by atoms with Crippen LogP contribution in [-0.4, -0.2) is 42.0 Å². The third kappa shape index (κ3) is 4.08. The number of urea groups is 1. The summed E-state index contributed by atoms with van der Waals surface area (Å²) in [5.41, 5.74) is 1.10. The van der Waals surface area contributed by atoms with E-state index in [1.165, 1.54) is 18.2 Å². The number of piperazine rings is 1. The zero-order chi connectivity index (χ0) is 16.9. The van der Waals surface area contributed by atoms with Gasteiger partial charge in [-0.15, -0.1) is 0 Å². The first kappa shape index (κ1) is 16.4. The zero-order valence-corrected chi connectivity index (χ0v) is 13.2. The van der Waals surface area contributed by atoms with Gasteiger partial charge in [-0.2, -0.15) is 0 Å². The van der Waals surface area contributed by atoms with Gasteiger partial charge in [-0.25, -0.2) is 13.6 Å². The van der Waals surface area contributed by atoms with Gasteiger partial charge in [-0.1, -0.05) is 24.3 Å². The Morgan fingerprint density at radius 1 is 1.00 bits per heavy atom. The molecule has 0 atom stereocenters. The highest BCUT2D eigenvalue weighted by Gasteiger charge is 2.21. The van der Waals surface area contributed by atoms with Crippen molar-refractivity contribution < 1.29 is 13.6 Å². The summed E-state index contributed by atoms with van der Waals surface area (Å²) in [6, 6.07) is 12.3. The number of carbonyl (C=O) groups excluding carboxylic acids is 1. The molecule has 0 radical (unpaired) electrons. The lowest BCUT2D eigenvalue weighted by atomic mass is 10.2. The van der Waals surface area contributed by atoms with Crippen LogP contribution in [0.2, 0.25) is 0 Å². The maximum atomic E-state index is 13.7. The molecule has 4 nitrogen and oxygen atoms in total. The molecule has 1 fully saturated rings. The molecule has 0 saturated carbocycles. The fourth-order valence-corrected chi connectivity index (χ4v) is 2.75. The lowest BCUT2D eigenvalue weighted by Gasteiger charge is -2.34. The summed E-state index contributed by atoms with van der Waals surface area (Å²) in [4.78, 5) is 16.0. The van der Waals surface area contributed by atoms with Crippen molar-refractivity contribution >= 4 is 11.7 Å². The molecule has 2 amide bonds. The number of carbonyl (C=O) groups is 1. The minimum absolute atomic E-state index is 0.205. The second-order valence-electron chi connectivity index (χ2n) is 5.80. The topological polar surface area (TPSA) is 35.6 Å². The van der Waals surface area contributed by atoms with E-state index in [2.05, 4.69) is 10.2 Å². The summed E-state index contributed by atoms with van der Waals surface area (Å²) in [6.45, 7) is 2.98. The molecule has 2 aromatic rings. The van der Waals surface area contributed by atoms with Gasteiger partial charge < -0.3 is 10.2 Å². The second kappa shape index (κ2) is 7.40. The van der Waals surface area contributed by atoms with Crippen molar-refractivity contribution in [3.05, 3.63) is 65.7 Å². The van der Waals surface area contributed by atoms with Crippen LogP contribution in [0.25, 0.3) is 0 Å². The molecule has 0 bridgehead atoms. The van der Waals surface area contributed by atoms with E-state index in [-0.39, 0.29) is 17.7 Å². The normalized spacial score (nSPS) is 15.3. The SMILES string of the molecule is O=C(Nc1cccc(F)c1)N1CCN(Cc2ccccc2F)CC1. The molecule has 1 heterocycles. The summed E-state index contributed by atoms with van der Waals surface area (Å²) in [6.07, 6.45) is 0. The number of rotatable bonds is 3. The Balaban J connectivity index is 1.51. The largest absolute Gasteiger partial charge is 0.322 e. The molecule has 1 aliphatic heterocycles. The molecule has 1 aliphatic rings. The van der Waals surface area contributed by atoms with Gasteiger partial charge in [-0.3, -0.25) is 4.90 Å². The Hall–Kier alpha value is -2.47. The Labute approximate surface area is 139 Å². The van der Waals surface area contributed by atoms with Crippen molar-refractivity contribution in [1.29, 1.82) is 0 Å². The molecule has 0 spiro atoms. The van der Waals surface area contributed by atoms with E-state index in [4.69, 9.17) is 0 Å². The fourth-order valence-electron chi connectivity index (χ4n) is 2.75. The molecule has 3 rings (SSSR count).